The first-order chi connectivity index (χ1) is 10.2. The van der Waals surface area contributed by atoms with E-state index in [1.807, 2.05) is 51.1 Å². The monoisotopic (exact) mass is 311 g/mol. The summed E-state index contributed by atoms with van der Waals surface area (Å²) in [5.41, 5.74) is 0.902. The number of amides is 1. The molecule has 0 atom stereocenters. The highest BCUT2D eigenvalue weighted by atomic mass is 16.6. The van der Waals surface area contributed by atoms with Gasteiger partial charge in [0.1, 0.15) is 13.2 Å². The van der Waals surface area contributed by atoms with Crippen LogP contribution < -0.4 is 0 Å². The lowest BCUT2D eigenvalue weighted by Crippen LogP contribution is -2.32. The van der Waals surface area contributed by atoms with E-state index in [2.05, 4.69) is 0 Å². The van der Waals surface area contributed by atoms with E-state index in [1.54, 1.807) is 7.11 Å². The van der Waals surface area contributed by atoms with Crippen LogP contribution in [0.2, 0.25) is 0 Å². The molecule has 0 aliphatic heterocycles. The lowest BCUT2D eigenvalue weighted by Gasteiger charge is -2.14. The predicted molar refractivity (Wildman–Crippen MR) is 83.7 cm³/mol. The van der Waals surface area contributed by atoms with E-state index in [0.717, 1.165) is 10.5 Å². The van der Waals surface area contributed by atoms with Gasteiger partial charge in [-0.2, -0.15) is 0 Å². The maximum absolute atomic E-state index is 11.3. The Kier molecular flexibility index (Phi) is 8.86. The third-order valence-corrected chi connectivity index (χ3v) is 2.50. The first-order valence-electron chi connectivity index (χ1n) is 6.84. The minimum absolute atomic E-state index is 0.0417. The third kappa shape index (κ3) is 10.7. The predicted octanol–water partition coefficient (Wildman–Crippen LogP) is 2.77. The Morgan fingerprint density at radius 1 is 1.18 bits per heavy atom. The van der Waals surface area contributed by atoms with Crippen LogP contribution in [-0.4, -0.2) is 48.4 Å². The van der Waals surface area contributed by atoms with Crippen molar-refractivity contribution < 1.29 is 24.2 Å². The van der Waals surface area contributed by atoms with Gasteiger partial charge in [0.25, 0.3) is 0 Å². The Balaban J connectivity index is 0.000000626. The second kappa shape index (κ2) is 9.78. The molecule has 1 N–H and O–H groups in total. The highest BCUT2D eigenvalue weighted by molar-refractivity contribution is 5.76. The van der Waals surface area contributed by atoms with E-state index in [4.69, 9.17) is 14.6 Å². The second-order valence-electron chi connectivity index (χ2n) is 5.61. The standard InChI is InChI=1S/C11H13NO4.C5H12O/c1-12(7-10(13)14)11(15)16-8-9-5-3-2-4-6-9;1-5(2,3)6-4/h2-6H,7-8H2,1H3,(H,13,14);1-4H3. The molecular weight excluding hydrogens is 286 g/mol. The summed E-state index contributed by atoms with van der Waals surface area (Å²) < 4.78 is 9.85. The van der Waals surface area contributed by atoms with Crippen LogP contribution in [0.25, 0.3) is 0 Å². The Morgan fingerprint density at radius 3 is 2.09 bits per heavy atom. The van der Waals surface area contributed by atoms with Gasteiger partial charge in [0.15, 0.2) is 0 Å². The number of likely N-dealkylation sites (N-methyl/N-ethyl adjacent to an activating group) is 1. The van der Waals surface area contributed by atoms with Crippen LogP contribution in [-0.2, 0) is 20.9 Å². The first-order valence-corrected chi connectivity index (χ1v) is 6.84. The SMILES string of the molecule is CN(CC(=O)O)C(=O)OCc1ccccc1.COC(C)(C)C. The van der Waals surface area contributed by atoms with Gasteiger partial charge in [0.2, 0.25) is 0 Å². The number of carbonyl (C=O) groups is 2. The molecule has 22 heavy (non-hydrogen) atoms. The summed E-state index contributed by atoms with van der Waals surface area (Å²) >= 11 is 0. The second-order valence-corrected chi connectivity index (χ2v) is 5.61. The molecule has 0 aliphatic carbocycles. The molecule has 0 radical (unpaired) electrons. The van der Waals surface area contributed by atoms with Gasteiger partial charge in [0.05, 0.1) is 5.60 Å². The lowest BCUT2D eigenvalue weighted by atomic mass is 10.2. The molecule has 1 aromatic carbocycles. The smallest absolute Gasteiger partial charge is 0.410 e. The zero-order valence-electron chi connectivity index (χ0n) is 13.8. The molecule has 6 heteroatoms. The van der Waals surface area contributed by atoms with Crippen molar-refractivity contribution in [2.24, 2.45) is 0 Å². The van der Waals surface area contributed by atoms with Gasteiger partial charge in [0, 0.05) is 14.2 Å². The molecule has 1 amide bonds. The van der Waals surface area contributed by atoms with Gasteiger partial charge in [-0.05, 0) is 26.3 Å². The molecule has 1 rings (SSSR count). The van der Waals surface area contributed by atoms with Crippen molar-refractivity contribution in [3.63, 3.8) is 0 Å². The van der Waals surface area contributed by atoms with Crippen LogP contribution in [0.3, 0.4) is 0 Å². The molecular formula is C16H25NO5. The molecule has 0 unspecified atom stereocenters. The summed E-state index contributed by atoms with van der Waals surface area (Å²) in [5.74, 6) is -1.07. The fraction of sp³-hybridized carbons (Fsp3) is 0.500. The lowest BCUT2D eigenvalue weighted by molar-refractivity contribution is -0.137. The van der Waals surface area contributed by atoms with E-state index in [0.29, 0.717) is 0 Å². The van der Waals surface area contributed by atoms with Gasteiger partial charge in [-0.25, -0.2) is 4.79 Å². The van der Waals surface area contributed by atoms with Crippen LogP contribution in [0.15, 0.2) is 30.3 Å². The molecule has 0 saturated heterocycles. The van der Waals surface area contributed by atoms with E-state index >= 15 is 0 Å². The normalized spacial score (nSPS) is 10.2. The number of rotatable bonds is 4. The summed E-state index contributed by atoms with van der Waals surface area (Å²) in [6, 6.07) is 9.19. The molecule has 0 aromatic heterocycles. The van der Waals surface area contributed by atoms with Crippen molar-refractivity contribution in [2.45, 2.75) is 33.0 Å². The summed E-state index contributed by atoms with van der Waals surface area (Å²) in [7, 11) is 3.08. The molecule has 1 aromatic rings. The van der Waals surface area contributed by atoms with Crippen LogP contribution in [0.1, 0.15) is 26.3 Å². The summed E-state index contributed by atoms with van der Waals surface area (Å²) in [6.45, 7) is 5.84. The van der Waals surface area contributed by atoms with Crippen molar-refractivity contribution in [1.29, 1.82) is 0 Å². The van der Waals surface area contributed by atoms with Crippen molar-refractivity contribution >= 4 is 12.1 Å². The summed E-state index contributed by atoms with van der Waals surface area (Å²) in [5, 5.41) is 8.47. The molecule has 0 bridgehead atoms. The van der Waals surface area contributed by atoms with Gasteiger partial charge in [-0.3, -0.25) is 4.79 Å². The number of hydrogen-bond acceptors (Lipinski definition) is 4. The van der Waals surface area contributed by atoms with Crippen molar-refractivity contribution in [1.82, 2.24) is 4.90 Å². The molecule has 0 fully saturated rings. The third-order valence-electron chi connectivity index (χ3n) is 2.50. The number of benzene rings is 1. The van der Waals surface area contributed by atoms with Crippen molar-refractivity contribution in [3.05, 3.63) is 35.9 Å². The quantitative estimate of drug-likeness (QED) is 0.925. The number of nitrogens with zero attached hydrogens (tertiary/aromatic N) is 1. The maximum atomic E-state index is 11.3. The zero-order chi connectivity index (χ0) is 17.2. The number of methoxy groups -OCH3 is 1. The van der Waals surface area contributed by atoms with Crippen LogP contribution in [0.5, 0.6) is 0 Å². The number of hydrogen-bond donors (Lipinski definition) is 1. The Labute approximate surface area is 131 Å². The molecule has 0 heterocycles. The van der Waals surface area contributed by atoms with Gasteiger partial charge >= 0.3 is 12.1 Å². The highest BCUT2D eigenvalue weighted by Crippen LogP contribution is 2.02. The van der Waals surface area contributed by atoms with Gasteiger partial charge < -0.3 is 19.5 Å². The Morgan fingerprint density at radius 2 is 1.68 bits per heavy atom. The van der Waals surface area contributed by atoms with E-state index in [-0.39, 0.29) is 18.8 Å². The highest BCUT2D eigenvalue weighted by Gasteiger charge is 2.12. The van der Waals surface area contributed by atoms with Crippen LogP contribution in [0, 0.1) is 0 Å². The number of aliphatic carboxylic acids is 1. The first kappa shape index (κ1) is 19.9. The van der Waals surface area contributed by atoms with Gasteiger partial charge in [-0.15, -0.1) is 0 Å². The average molecular weight is 311 g/mol. The zero-order valence-corrected chi connectivity index (χ0v) is 13.8. The topological polar surface area (TPSA) is 76.1 Å². The number of carboxylic acids is 1. The Hall–Kier alpha value is -2.08. The van der Waals surface area contributed by atoms with E-state index in [1.165, 1.54) is 7.05 Å². The van der Waals surface area contributed by atoms with Crippen molar-refractivity contribution in [3.8, 4) is 0 Å². The number of carbonyl (C=O) groups excluding carboxylic acids is 1. The minimum Gasteiger partial charge on any atom is -0.480 e. The van der Waals surface area contributed by atoms with Crippen molar-refractivity contribution in [2.75, 3.05) is 20.7 Å². The molecule has 124 valence electrons. The fourth-order valence-electron chi connectivity index (χ4n) is 1.10. The number of ether oxygens (including phenoxy) is 2. The molecule has 6 nitrogen and oxygen atoms in total. The van der Waals surface area contributed by atoms with Crippen LogP contribution >= 0.6 is 0 Å². The molecule has 0 aliphatic rings. The van der Waals surface area contributed by atoms with E-state index in [9.17, 15) is 9.59 Å². The van der Waals surface area contributed by atoms with Gasteiger partial charge in [-0.1, -0.05) is 30.3 Å². The fourth-order valence-corrected chi connectivity index (χ4v) is 1.10. The van der Waals surface area contributed by atoms with Crippen LogP contribution in [0.4, 0.5) is 4.79 Å². The summed E-state index contributed by atoms with van der Waals surface area (Å²) in [6.07, 6.45) is -0.647. The molecule has 0 saturated carbocycles. The number of carboxylic acid groups (broad SMARTS) is 1. The minimum atomic E-state index is -1.07. The van der Waals surface area contributed by atoms with E-state index < -0.39 is 12.1 Å². The largest absolute Gasteiger partial charge is 0.480 e. The Bertz CT molecular complexity index is 453. The average Bonchev–Trinajstić information content (AvgIpc) is 2.45. The maximum Gasteiger partial charge on any atom is 0.410 e. The summed E-state index contributed by atoms with van der Waals surface area (Å²) in [4.78, 5) is 22.6. The molecule has 0 spiro atoms.